The molecule has 152 valence electrons. The number of carbonyl (C=O) groups is 1. The van der Waals surface area contributed by atoms with Gasteiger partial charge in [0.1, 0.15) is 11.5 Å². The van der Waals surface area contributed by atoms with Crippen molar-refractivity contribution >= 4 is 27.4 Å². The van der Waals surface area contributed by atoms with Gasteiger partial charge >= 0.3 is 0 Å². The van der Waals surface area contributed by atoms with Crippen LogP contribution in [0.25, 0.3) is 0 Å². The molecule has 0 saturated heterocycles. The Hall–Kier alpha value is -1.16. The SMILES string of the molecule is Cc1cc2c3c(c1Br)O[C@@H](CC(C)C)N=C3C(=O)C[C@]1(C)CC[C@H](C(C)C)[C@H]21. The molecule has 1 aromatic rings. The van der Waals surface area contributed by atoms with Crippen LogP contribution in [-0.4, -0.2) is 17.7 Å². The average molecular weight is 446 g/mol. The van der Waals surface area contributed by atoms with Crippen molar-refractivity contribution < 1.29 is 9.53 Å². The van der Waals surface area contributed by atoms with Crippen molar-refractivity contribution in [3.05, 3.63) is 27.2 Å². The van der Waals surface area contributed by atoms with Crippen LogP contribution in [0.3, 0.4) is 0 Å². The number of hydrogen-bond donors (Lipinski definition) is 0. The maximum absolute atomic E-state index is 13.4. The highest BCUT2D eigenvalue weighted by molar-refractivity contribution is 9.10. The topological polar surface area (TPSA) is 38.7 Å². The van der Waals surface area contributed by atoms with Crippen LogP contribution in [0.5, 0.6) is 5.75 Å². The van der Waals surface area contributed by atoms with Crippen LogP contribution in [0.1, 0.15) is 82.9 Å². The van der Waals surface area contributed by atoms with Crippen LogP contribution in [0.4, 0.5) is 0 Å². The number of aliphatic imine (C=N–C) groups is 1. The summed E-state index contributed by atoms with van der Waals surface area (Å²) in [6.45, 7) is 13.5. The normalized spacial score (nSPS) is 31.4. The number of rotatable bonds is 3. The van der Waals surface area contributed by atoms with Gasteiger partial charge in [-0.3, -0.25) is 4.79 Å². The number of ether oxygens (including phenoxy) is 1. The molecule has 0 bridgehead atoms. The van der Waals surface area contributed by atoms with Gasteiger partial charge in [0.15, 0.2) is 12.0 Å². The smallest absolute Gasteiger partial charge is 0.190 e. The third-order valence-electron chi connectivity index (χ3n) is 7.12. The summed E-state index contributed by atoms with van der Waals surface area (Å²) in [5.74, 6) is 3.08. The molecule has 4 heteroatoms. The second-order valence-corrected chi connectivity index (χ2v) is 11.0. The van der Waals surface area contributed by atoms with Gasteiger partial charge in [-0.15, -0.1) is 0 Å². The van der Waals surface area contributed by atoms with Gasteiger partial charge in [-0.05, 0) is 75.9 Å². The molecule has 4 rings (SSSR count). The van der Waals surface area contributed by atoms with Gasteiger partial charge in [-0.2, -0.15) is 0 Å². The zero-order valence-corrected chi connectivity index (χ0v) is 19.5. The lowest BCUT2D eigenvalue weighted by Gasteiger charge is -2.35. The Morgan fingerprint density at radius 2 is 2.04 bits per heavy atom. The second kappa shape index (κ2) is 6.97. The van der Waals surface area contributed by atoms with Crippen molar-refractivity contribution in [1.29, 1.82) is 0 Å². The van der Waals surface area contributed by atoms with Crippen molar-refractivity contribution in [3.8, 4) is 5.75 Å². The summed E-state index contributed by atoms with van der Waals surface area (Å²) >= 11 is 3.76. The maximum Gasteiger partial charge on any atom is 0.190 e. The summed E-state index contributed by atoms with van der Waals surface area (Å²) < 4.78 is 7.37. The van der Waals surface area contributed by atoms with Gasteiger partial charge in [-0.25, -0.2) is 4.99 Å². The van der Waals surface area contributed by atoms with E-state index in [1.54, 1.807) is 0 Å². The van der Waals surface area contributed by atoms with Crippen molar-refractivity contribution in [3.63, 3.8) is 0 Å². The van der Waals surface area contributed by atoms with E-state index in [2.05, 4.69) is 63.5 Å². The fourth-order valence-corrected chi connectivity index (χ4v) is 6.19. The van der Waals surface area contributed by atoms with Gasteiger partial charge in [0, 0.05) is 12.8 Å². The zero-order valence-electron chi connectivity index (χ0n) is 17.9. The standard InChI is InChI=1S/C24H32BrNO2/c1-12(2)9-18-26-22-17(27)11-24(6)8-7-15(13(3)4)20(24)16-10-14(5)21(25)23(28-18)19(16)22/h10,12-13,15,18,20H,7-9,11H2,1-6H3/t15-,18+,20-,24+/m1/s1. The molecule has 0 amide bonds. The summed E-state index contributed by atoms with van der Waals surface area (Å²) in [5, 5.41) is 0. The number of carbonyl (C=O) groups excluding carboxylic acids is 1. The number of nitrogens with zero attached hydrogens (tertiary/aromatic N) is 1. The first-order chi connectivity index (χ1) is 13.1. The van der Waals surface area contributed by atoms with Crippen LogP contribution in [0, 0.1) is 30.1 Å². The van der Waals surface area contributed by atoms with Gasteiger partial charge in [0.25, 0.3) is 0 Å². The van der Waals surface area contributed by atoms with E-state index in [4.69, 9.17) is 9.73 Å². The highest BCUT2D eigenvalue weighted by atomic mass is 79.9. The molecule has 3 aliphatic rings. The Morgan fingerprint density at radius 1 is 1.32 bits per heavy atom. The van der Waals surface area contributed by atoms with E-state index in [1.165, 1.54) is 17.5 Å². The minimum atomic E-state index is -0.274. The van der Waals surface area contributed by atoms with E-state index >= 15 is 0 Å². The number of ketones is 1. The zero-order chi connectivity index (χ0) is 20.4. The first-order valence-corrected chi connectivity index (χ1v) is 11.5. The Balaban J connectivity index is 1.96. The number of halogens is 1. The van der Waals surface area contributed by atoms with Crippen LogP contribution >= 0.6 is 15.9 Å². The predicted molar refractivity (Wildman–Crippen MR) is 117 cm³/mol. The molecular formula is C24H32BrNO2. The van der Waals surface area contributed by atoms with Crippen molar-refractivity contribution in [2.75, 3.05) is 0 Å². The summed E-state index contributed by atoms with van der Waals surface area (Å²) in [6, 6.07) is 2.30. The third kappa shape index (κ3) is 3.07. The number of Topliss-reactive ketones (excluding diaryl/α,β-unsaturated/α-hetero) is 1. The number of fused-ring (bicyclic) bond motifs is 2. The van der Waals surface area contributed by atoms with E-state index in [-0.39, 0.29) is 17.4 Å². The minimum absolute atomic E-state index is 0.00740. The van der Waals surface area contributed by atoms with Gasteiger partial charge < -0.3 is 4.74 Å². The highest BCUT2D eigenvalue weighted by Gasteiger charge is 2.52. The van der Waals surface area contributed by atoms with Crippen molar-refractivity contribution in [2.45, 2.75) is 79.4 Å². The number of hydrogen-bond acceptors (Lipinski definition) is 3. The van der Waals surface area contributed by atoms with Crippen LogP contribution in [-0.2, 0) is 4.79 Å². The fourth-order valence-electron chi connectivity index (χ4n) is 5.78. The molecular weight excluding hydrogens is 414 g/mol. The highest BCUT2D eigenvalue weighted by Crippen LogP contribution is 2.60. The summed E-state index contributed by atoms with van der Waals surface area (Å²) in [7, 11) is 0. The molecule has 2 aliphatic carbocycles. The Morgan fingerprint density at radius 3 is 2.68 bits per heavy atom. The molecule has 0 aromatic heterocycles. The van der Waals surface area contributed by atoms with E-state index in [0.717, 1.165) is 28.6 Å². The van der Waals surface area contributed by atoms with E-state index < -0.39 is 0 Å². The number of benzene rings is 1. The lowest BCUT2D eigenvalue weighted by Crippen LogP contribution is -2.30. The second-order valence-electron chi connectivity index (χ2n) is 10.2. The van der Waals surface area contributed by atoms with Gasteiger partial charge in [0.2, 0.25) is 0 Å². The first-order valence-electron chi connectivity index (χ1n) is 10.7. The van der Waals surface area contributed by atoms with E-state index in [0.29, 0.717) is 35.8 Å². The molecule has 1 aromatic carbocycles. The molecule has 1 fully saturated rings. The predicted octanol–water partition coefficient (Wildman–Crippen LogP) is 6.44. The maximum atomic E-state index is 13.4. The molecule has 0 spiro atoms. The largest absolute Gasteiger partial charge is 0.467 e. The lowest BCUT2D eigenvalue weighted by molar-refractivity contribution is -0.115. The summed E-state index contributed by atoms with van der Waals surface area (Å²) in [6.07, 6.45) is 3.45. The molecule has 4 atom stereocenters. The first kappa shape index (κ1) is 20.1. The van der Waals surface area contributed by atoms with E-state index in [9.17, 15) is 4.79 Å². The van der Waals surface area contributed by atoms with Crippen LogP contribution in [0.15, 0.2) is 15.5 Å². The Labute approximate surface area is 177 Å². The molecule has 28 heavy (non-hydrogen) atoms. The van der Waals surface area contributed by atoms with E-state index in [1.807, 2.05) is 0 Å². The van der Waals surface area contributed by atoms with Crippen molar-refractivity contribution in [2.24, 2.45) is 28.2 Å². The molecule has 1 heterocycles. The third-order valence-corrected chi connectivity index (χ3v) is 8.10. The molecule has 0 N–H and O–H groups in total. The average Bonchev–Trinajstić information content (AvgIpc) is 2.90. The lowest BCUT2D eigenvalue weighted by atomic mass is 9.69. The van der Waals surface area contributed by atoms with Gasteiger partial charge in [-0.1, -0.05) is 40.7 Å². The van der Waals surface area contributed by atoms with Crippen molar-refractivity contribution in [1.82, 2.24) is 0 Å². The minimum Gasteiger partial charge on any atom is -0.467 e. The quantitative estimate of drug-likeness (QED) is 0.536. The van der Waals surface area contributed by atoms with Crippen LogP contribution < -0.4 is 4.74 Å². The molecule has 0 unspecified atom stereocenters. The fraction of sp³-hybridized carbons (Fsp3) is 0.667. The number of aryl methyl sites for hydroxylation is 1. The summed E-state index contributed by atoms with van der Waals surface area (Å²) in [4.78, 5) is 18.3. The Kier molecular flexibility index (Phi) is 5.01. The monoisotopic (exact) mass is 445 g/mol. The summed E-state index contributed by atoms with van der Waals surface area (Å²) in [5.41, 5.74) is 4.13. The molecule has 0 radical (unpaired) electrons. The van der Waals surface area contributed by atoms with Crippen LogP contribution in [0.2, 0.25) is 0 Å². The molecule has 1 aliphatic heterocycles. The Bertz CT molecular complexity index is 857. The molecule has 1 saturated carbocycles. The van der Waals surface area contributed by atoms with Gasteiger partial charge in [0.05, 0.1) is 10.0 Å². The molecule has 3 nitrogen and oxygen atoms in total.